The molecule has 0 radical (unpaired) electrons. The lowest BCUT2D eigenvalue weighted by atomic mass is 10.1. The number of aromatic nitrogens is 4. The fourth-order valence-corrected chi connectivity index (χ4v) is 4.34. The summed E-state index contributed by atoms with van der Waals surface area (Å²) in [6.45, 7) is 4.26. The van der Waals surface area contributed by atoms with E-state index in [0.717, 1.165) is 11.3 Å². The summed E-state index contributed by atoms with van der Waals surface area (Å²) in [7, 11) is 3.14. The molecule has 5 rings (SSSR count). The maximum absolute atomic E-state index is 11.6. The molecule has 1 amide bonds. The van der Waals surface area contributed by atoms with Gasteiger partial charge in [-0.25, -0.2) is 19.7 Å². The molecule has 3 aromatic rings. The predicted octanol–water partition coefficient (Wildman–Crippen LogP) is 2.22. The van der Waals surface area contributed by atoms with Crippen LogP contribution in [0.3, 0.4) is 0 Å². The number of hydrogen-bond donors (Lipinski definition) is 2. The summed E-state index contributed by atoms with van der Waals surface area (Å²) in [6.07, 6.45) is 0.630. The molecule has 2 aliphatic heterocycles. The van der Waals surface area contributed by atoms with Gasteiger partial charge in [0.1, 0.15) is 37.0 Å². The Morgan fingerprint density at radius 1 is 1.14 bits per heavy atom. The van der Waals surface area contributed by atoms with Crippen LogP contribution in [0.15, 0.2) is 36.9 Å². The van der Waals surface area contributed by atoms with Gasteiger partial charge in [0.25, 0.3) is 0 Å². The lowest BCUT2D eigenvalue weighted by molar-refractivity contribution is -0.199. The number of ether oxygens (including phenoxy) is 5. The van der Waals surface area contributed by atoms with Gasteiger partial charge in [-0.3, -0.25) is 4.57 Å². The highest BCUT2D eigenvalue weighted by Crippen LogP contribution is 2.44. The quantitative estimate of drug-likeness (QED) is 0.515. The van der Waals surface area contributed by atoms with E-state index in [1.807, 2.05) is 38.1 Å². The molecule has 0 bridgehead atoms. The van der Waals surface area contributed by atoms with Gasteiger partial charge in [0, 0.05) is 13.6 Å². The second-order valence-electron chi connectivity index (χ2n) is 8.73. The van der Waals surface area contributed by atoms with Crippen LogP contribution < -0.4 is 15.4 Å². The first kappa shape index (κ1) is 23.3. The molecule has 1 aromatic carbocycles. The summed E-state index contributed by atoms with van der Waals surface area (Å²) >= 11 is 0. The number of hydrogen-bond acceptors (Lipinski definition) is 10. The number of rotatable bonds is 7. The van der Waals surface area contributed by atoms with E-state index in [1.165, 1.54) is 13.4 Å². The molecular weight excluding hydrogens is 456 g/mol. The zero-order chi connectivity index (χ0) is 24.6. The van der Waals surface area contributed by atoms with Crippen molar-refractivity contribution in [2.75, 3.05) is 26.1 Å². The third-order valence-electron chi connectivity index (χ3n) is 5.96. The van der Waals surface area contributed by atoms with Gasteiger partial charge < -0.3 is 34.3 Å². The first-order chi connectivity index (χ1) is 16.9. The van der Waals surface area contributed by atoms with Gasteiger partial charge in [0.2, 0.25) is 0 Å². The molecule has 2 aromatic heterocycles. The van der Waals surface area contributed by atoms with Crippen molar-refractivity contribution in [3.8, 4) is 5.75 Å². The molecule has 2 aliphatic rings. The molecule has 2 saturated heterocycles. The van der Waals surface area contributed by atoms with Crippen molar-refractivity contribution in [2.45, 2.75) is 50.7 Å². The molecule has 186 valence electrons. The van der Waals surface area contributed by atoms with Crippen molar-refractivity contribution in [3.05, 3.63) is 42.5 Å². The standard InChI is InChI=1S/C23H28N6O6/c1-23(2)34-17-15(10-32-22(30)24-3)33-21(18(17)35-23)29-12-28-16-19(26-11-27-20(16)29)25-9-13-5-7-14(31-4)8-6-13/h5-8,11-12,15,17-18,21H,9-10H2,1-4H3,(H,24,30)(H,25,26,27)/t15-,17+,18?,21-/m1/s1. The summed E-state index contributed by atoms with van der Waals surface area (Å²) in [5.74, 6) is 0.591. The minimum Gasteiger partial charge on any atom is -0.497 e. The Bertz CT molecular complexity index is 1200. The number of carbonyl (C=O) groups is 1. The number of imidazole rings is 1. The SMILES string of the molecule is CNC(=O)OC[C@H]1O[C@@H](n2cnc3c(NCc4ccc(OC)cc4)ncnc32)C2OC(C)(C)O[C@H]21. The van der Waals surface area contributed by atoms with Crippen LogP contribution in [-0.2, 0) is 25.5 Å². The lowest BCUT2D eigenvalue weighted by Gasteiger charge is -2.24. The van der Waals surface area contributed by atoms with E-state index in [1.54, 1.807) is 18.0 Å². The zero-order valence-electron chi connectivity index (χ0n) is 19.9. The van der Waals surface area contributed by atoms with Gasteiger partial charge in [-0.05, 0) is 31.5 Å². The number of carbonyl (C=O) groups excluding carboxylic acids is 1. The second-order valence-corrected chi connectivity index (χ2v) is 8.73. The number of methoxy groups -OCH3 is 1. The van der Waals surface area contributed by atoms with Crippen LogP contribution in [-0.4, -0.2) is 70.5 Å². The average molecular weight is 485 g/mol. The van der Waals surface area contributed by atoms with E-state index < -0.39 is 36.4 Å². The van der Waals surface area contributed by atoms with E-state index in [9.17, 15) is 4.79 Å². The Hall–Kier alpha value is -3.48. The second kappa shape index (κ2) is 9.29. The normalized spacial score (nSPS) is 24.8. The monoisotopic (exact) mass is 484 g/mol. The number of nitrogens with one attached hydrogen (secondary N) is 2. The molecule has 2 fully saturated rings. The molecular formula is C23H28N6O6. The van der Waals surface area contributed by atoms with E-state index in [4.69, 9.17) is 23.7 Å². The van der Waals surface area contributed by atoms with Crippen LogP contribution in [0.2, 0.25) is 0 Å². The minimum atomic E-state index is -0.806. The highest BCUT2D eigenvalue weighted by Gasteiger charge is 2.56. The van der Waals surface area contributed by atoms with Crippen molar-refractivity contribution in [2.24, 2.45) is 0 Å². The number of alkyl carbamates (subject to hydrolysis) is 1. The van der Waals surface area contributed by atoms with Gasteiger partial charge >= 0.3 is 6.09 Å². The van der Waals surface area contributed by atoms with Crippen LogP contribution in [0.25, 0.3) is 11.2 Å². The van der Waals surface area contributed by atoms with Gasteiger partial charge in [0.15, 0.2) is 29.0 Å². The highest BCUT2D eigenvalue weighted by atomic mass is 16.8. The van der Waals surface area contributed by atoms with Crippen LogP contribution in [0, 0.1) is 0 Å². The topological polar surface area (TPSA) is 131 Å². The number of anilines is 1. The number of benzene rings is 1. The third-order valence-corrected chi connectivity index (χ3v) is 5.96. The fraction of sp³-hybridized carbons (Fsp3) is 0.478. The molecule has 2 N–H and O–H groups in total. The van der Waals surface area contributed by atoms with E-state index in [0.29, 0.717) is 23.5 Å². The Morgan fingerprint density at radius 2 is 1.91 bits per heavy atom. The zero-order valence-corrected chi connectivity index (χ0v) is 19.9. The van der Waals surface area contributed by atoms with E-state index in [-0.39, 0.29) is 6.61 Å². The molecule has 12 heteroatoms. The van der Waals surface area contributed by atoms with Crippen molar-refractivity contribution in [1.82, 2.24) is 24.8 Å². The summed E-state index contributed by atoms with van der Waals surface area (Å²) in [5.41, 5.74) is 2.25. The average Bonchev–Trinajstić information content (AvgIpc) is 3.52. The van der Waals surface area contributed by atoms with Crippen molar-refractivity contribution in [1.29, 1.82) is 0 Å². The Kier molecular flexibility index (Phi) is 6.17. The van der Waals surface area contributed by atoms with Gasteiger partial charge in [-0.2, -0.15) is 0 Å². The van der Waals surface area contributed by atoms with Crippen molar-refractivity contribution < 1.29 is 28.5 Å². The summed E-state index contributed by atoms with van der Waals surface area (Å²) < 4.78 is 30.7. The molecule has 4 heterocycles. The van der Waals surface area contributed by atoms with Crippen LogP contribution in [0.5, 0.6) is 5.75 Å². The summed E-state index contributed by atoms with van der Waals surface area (Å²) in [5, 5.41) is 5.75. The van der Waals surface area contributed by atoms with Crippen LogP contribution in [0.4, 0.5) is 10.6 Å². The first-order valence-corrected chi connectivity index (χ1v) is 11.3. The fourth-order valence-electron chi connectivity index (χ4n) is 4.34. The molecule has 35 heavy (non-hydrogen) atoms. The summed E-state index contributed by atoms with van der Waals surface area (Å²) in [6, 6.07) is 7.78. The first-order valence-electron chi connectivity index (χ1n) is 11.3. The third kappa shape index (κ3) is 4.59. The molecule has 0 saturated carbocycles. The number of amides is 1. The minimum absolute atomic E-state index is 0.0209. The Morgan fingerprint density at radius 3 is 2.66 bits per heavy atom. The van der Waals surface area contributed by atoms with Crippen molar-refractivity contribution >= 4 is 23.1 Å². The largest absolute Gasteiger partial charge is 0.497 e. The van der Waals surface area contributed by atoms with Gasteiger partial charge in [-0.15, -0.1) is 0 Å². The molecule has 0 aliphatic carbocycles. The van der Waals surface area contributed by atoms with E-state index >= 15 is 0 Å². The maximum atomic E-state index is 11.6. The predicted molar refractivity (Wildman–Crippen MR) is 124 cm³/mol. The van der Waals surface area contributed by atoms with Crippen LogP contribution >= 0.6 is 0 Å². The number of nitrogens with zero attached hydrogens (tertiary/aromatic N) is 4. The van der Waals surface area contributed by atoms with Crippen molar-refractivity contribution in [3.63, 3.8) is 0 Å². The number of fused-ring (bicyclic) bond motifs is 2. The van der Waals surface area contributed by atoms with Crippen LogP contribution in [0.1, 0.15) is 25.6 Å². The smallest absolute Gasteiger partial charge is 0.406 e. The maximum Gasteiger partial charge on any atom is 0.406 e. The molecule has 1 unspecified atom stereocenters. The lowest BCUT2D eigenvalue weighted by Crippen LogP contribution is -2.35. The van der Waals surface area contributed by atoms with Gasteiger partial charge in [-0.1, -0.05) is 12.1 Å². The Labute approximate surface area is 201 Å². The molecule has 12 nitrogen and oxygen atoms in total. The molecule has 4 atom stereocenters. The Balaban J connectivity index is 1.37. The summed E-state index contributed by atoms with van der Waals surface area (Å²) in [4.78, 5) is 25.0. The van der Waals surface area contributed by atoms with Gasteiger partial charge in [0.05, 0.1) is 13.4 Å². The molecule has 0 spiro atoms. The highest BCUT2D eigenvalue weighted by molar-refractivity contribution is 5.82. The van der Waals surface area contributed by atoms with E-state index in [2.05, 4.69) is 25.6 Å².